The van der Waals surface area contributed by atoms with Crippen LogP contribution in [0.4, 0.5) is 0 Å². The molecule has 0 aliphatic rings. The van der Waals surface area contributed by atoms with E-state index in [9.17, 15) is 9.59 Å². The minimum absolute atomic E-state index is 0.312. The predicted octanol–water partition coefficient (Wildman–Crippen LogP) is -0.353. The van der Waals surface area contributed by atoms with Crippen LogP contribution < -0.4 is 11.1 Å². The van der Waals surface area contributed by atoms with E-state index < -0.39 is 12.0 Å². The molecule has 0 spiro atoms. The van der Waals surface area contributed by atoms with Crippen molar-refractivity contribution in [1.29, 1.82) is 0 Å². The van der Waals surface area contributed by atoms with Gasteiger partial charge in [0.2, 0.25) is 5.91 Å². The van der Waals surface area contributed by atoms with E-state index in [2.05, 4.69) is 10.4 Å². The number of aryl methyl sites for hydroxylation is 1. The van der Waals surface area contributed by atoms with Gasteiger partial charge in [-0.25, -0.2) is 4.79 Å². The second-order valence-electron chi connectivity index (χ2n) is 4.21. The molecule has 0 saturated heterocycles. The van der Waals surface area contributed by atoms with Gasteiger partial charge in [0, 0.05) is 24.7 Å². The molecule has 1 rings (SSSR count). The molecule has 0 radical (unpaired) electrons. The number of rotatable bonds is 6. The van der Waals surface area contributed by atoms with Crippen LogP contribution in [-0.4, -0.2) is 33.3 Å². The van der Waals surface area contributed by atoms with Crippen LogP contribution in [0.15, 0.2) is 12.4 Å². The minimum Gasteiger partial charge on any atom is -0.479 e. The van der Waals surface area contributed by atoms with E-state index in [-0.39, 0.29) is 11.8 Å². The summed E-state index contributed by atoms with van der Waals surface area (Å²) in [6.07, 6.45) is 3.50. The van der Waals surface area contributed by atoms with E-state index in [1.807, 2.05) is 0 Å². The Morgan fingerprint density at radius 3 is 2.72 bits per heavy atom. The van der Waals surface area contributed by atoms with E-state index in [1.54, 1.807) is 20.2 Å². The molecule has 0 saturated carbocycles. The molecule has 4 N–H and O–H groups in total. The fourth-order valence-corrected chi connectivity index (χ4v) is 1.54. The molecule has 7 nitrogen and oxygen atoms in total. The van der Waals surface area contributed by atoms with Gasteiger partial charge in [-0.05, 0) is 13.0 Å². The zero-order valence-electron chi connectivity index (χ0n) is 10.5. The van der Waals surface area contributed by atoms with Gasteiger partial charge in [0.1, 0.15) is 0 Å². The number of carbonyl (C=O) groups excluding carboxylic acids is 1. The predicted molar refractivity (Wildman–Crippen MR) is 64.6 cm³/mol. The summed E-state index contributed by atoms with van der Waals surface area (Å²) in [6, 6.07) is -1.08. The van der Waals surface area contributed by atoms with Crippen molar-refractivity contribution >= 4 is 11.9 Å². The molecule has 0 aliphatic carbocycles. The van der Waals surface area contributed by atoms with Gasteiger partial charge in [-0.1, -0.05) is 6.92 Å². The van der Waals surface area contributed by atoms with E-state index in [1.165, 1.54) is 10.9 Å². The van der Waals surface area contributed by atoms with Crippen LogP contribution in [0.2, 0.25) is 0 Å². The fraction of sp³-hybridized carbons (Fsp3) is 0.545. The number of hydrogen-bond donors (Lipinski definition) is 3. The molecular formula is C11H18N4O3. The monoisotopic (exact) mass is 254 g/mol. The standard InChI is InChI=1S/C11H18N4O3/c1-7(3-4-12)10(16)14-9(11(17)18)8-5-13-15(2)6-8/h5-7,9H,3-4,12H2,1-2H3,(H,14,16)(H,17,18). The molecule has 0 aromatic carbocycles. The molecule has 0 fully saturated rings. The van der Waals surface area contributed by atoms with Crippen molar-refractivity contribution in [3.05, 3.63) is 18.0 Å². The SMILES string of the molecule is CC(CCN)C(=O)NC(C(=O)O)c1cnn(C)c1. The summed E-state index contributed by atoms with van der Waals surface area (Å²) in [5.74, 6) is -1.75. The molecule has 18 heavy (non-hydrogen) atoms. The number of nitrogens with one attached hydrogen (secondary N) is 1. The number of nitrogens with zero attached hydrogens (tertiary/aromatic N) is 2. The zero-order valence-corrected chi connectivity index (χ0v) is 10.5. The van der Waals surface area contributed by atoms with Crippen molar-refractivity contribution in [2.45, 2.75) is 19.4 Å². The highest BCUT2D eigenvalue weighted by Gasteiger charge is 2.25. The number of hydrogen-bond acceptors (Lipinski definition) is 4. The van der Waals surface area contributed by atoms with E-state index in [0.717, 1.165) is 0 Å². The second kappa shape index (κ2) is 6.15. The Morgan fingerprint density at radius 2 is 2.28 bits per heavy atom. The largest absolute Gasteiger partial charge is 0.479 e. The summed E-state index contributed by atoms with van der Waals surface area (Å²) in [6.45, 7) is 2.10. The number of aliphatic carboxylic acids is 1. The maximum atomic E-state index is 11.8. The van der Waals surface area contributed by atoms with Crippen molar-refractivity contribution in [3.63, 3.8) is 0 Å². The first kappa shape index (κ1) is 14.2. The van der Waals surface area contributed by atoms with Crippen molar-refractivity contribution in [3.8, 4) is 0 Å². The molecule has 1 aromatic heterocycles. The van der Waals surface area contributed by atoms with Gasteiger partial charge >= 0.3 is 5.97 Å². The van der Waals surface area contributed by atoms with E-state index in [0.29, 0.717) is 18.5 Å². The molecule has 1 amide bonds. The Hall–Kier alpha value is -1.89. The minimum atomic E-state index is -1.11. The highest BCUT2D eigenvalue weighted by molar-refractivity contribution is 5.85. The number of aromatic nitrogens is 2. The fourth-order valence-electron chi connectivity index (χ4n) is 1.54. The molecule has 1 heterocycles. The molecule has 2 unspecified atom stereocenters. The molecule has 0 bridgehead atoms. The topological polar surface area (TPSA) is 110 Å². The Labute approximate surface area is 105 Å². The van der Waals surface area contributed by atoms with Crippen LogP contribution in [0.3, 0.4) is 0 Å². The molecule has 2 atom stereocenters. The van der Waals surface area contributed by atoms with Crippen LogP contribution in [0.25, 0.3) is 0 Å². The lowest BCUT2D eigenvalue weighted by Crippen LogP contribution is -2.37. The Balaban J connectivity index is 2.76. The third-order valence-corrected chi connectivity index (χ3v) is 2.64. The maximum Gasteiger partial charge on any atom is 0.331 e. The number of carboxylic acid groups (broad SMARTS) is 1. The van der Waals surface area contributed by atoms with Crippen molar-refractivity contribution in [2.24, 2.45) is 18.7 Å². The average Bonchev–Trinajstić information content (AvgIpc) is 2.72. The van der Waals surface area contributed by atoms with Crippen molar-refractivity contribution in [1.82, 2.24) is 15.1 Å². The van der Waals surface area contributed by atoms with Gasteiger partial charge < -0.3 is 16.2 Å². The number of carboxylic acids is 1. The molecular weight excluding hydrogens is 236 g/mol. The number of nitrogens with two attached hydrogens (primary N) is 1. The Kier molecular flexibility index (Phi) is 4.85. The van der Waals surface area contributed by atoms with E-state index >= 15 is 0 Å². The molecule has 100 valence electrons. The molecule has 0 aliphatic heterocycles. The molecule has 1 aromatic rings. The normalized spacial score (nSPS) is 13.9. The van der Waals surface area contributed by atoms with Gasteiger partial charge in [-0.15, -0.1) is 0 Å². The zero-order chi connectivity index (χ0) is 13.7. The first-order valence-electron chi connectivity index (χ1n) is 5.67. The smallest absolute Gasteiger partial charge is 0.331 e. The number of carbonyl (C=O) groups is 2. The van der Waals surface area contributed by atoms with Crippen LogP contribution >= 0.6 is 0 Å². The average molecular weight is 254 g/mol. The summed E-state index contributed by atoms with van der Waals surface area (Å²) in [4.78, 5) is 22.9. The number of amides is 1. The van der Waals surface area contributed by atoms with Gasteiger partial charge in [-0.3, -0.25) is 9.48 Å². The second-order valence-corrected chi connectivity index (χ2v) is 4.21. The summed E-state index contributed by atoms with van der Waals surface area (Å²) in [5.41, 5.74) is 5.81. The maximum absolute atomic E-state index is 11.8. The quantitative estimate of drug-likeness (QED) is 0.642. The highest BCUT2D eigenvalue weighted by atomic mass is 16.4. The lowest BCUT2D eigenvalue weighted by Gasteiger charge is -2.16. The van der Waals surface area contributed by atoms with Crippen LogP contribution in [0, 0.1) is 5.92 Å². The summed E-state index contributed by atoms with van der Waals surface area (Å²) >= 11 is 0. The third kappa shape index (κ3) is 3.56. The lowest BCUT2D eigenvalue weighted by molar-refractivity contribution is -0.142. The van der Waals surface area contributed by atoms with Crippen molar-refractivity contribution in [2.75, 3.05) is 6.54 Å². The third-order valence-electron chi connectivity index (χ3n) is 2.64. The summed E-state index contributed by atoms with van der Waals surface area (Å²) < 4.78 is 1.49. The highest BCUT2D eigenvalue weighted by Crippen LogP contribution is 2.13. The molecule has 7 heteroatoms. The van der Waals surface area contributed by atoms with Crippen LogP contribution in [0.5, 0.6) is 0 Å². The Morgan fingerprint density at radius 1 is 1.61 bits per heavy atom. The first-order chi connectivity index (χ1) is 8.45. The van der Waals surface area contributed by atoms with Gasteiger partial charge in [-0.2, -0.15) is 5.10 Å². The van der Waals surface area contributed by atoms with Gasteiger partial charge in [0.05, 0.1) is 6.20 Å². The summed E-state index contributed by atoms with van der Waals surface area (Å²) in [5, 5.41) is 15.5. The Bertz CT molecular complexity index is 430. The lowest BCUT2D eigenvalue weighted by atomic mass is 10.1. The van der Waals surface area contributed by atoms with Gasteiger partial charge in [0.15, 0.2) is 6.04 Å². The first-order valence-corrected chi connectivity index (χ1v) is 5.67. The van der Waals surface area contributed by atoms with Crippen LogP contribution in [-0.2, 0) is 16.6 Å². The van der Waals surface area contributed by atoms with Gasteiger partial charge in [0.25, 0.3) is 0 Å². The summed E-state index contributed by atoms with van der Waals surface area (Å²) in [7, 11) is 1.68. The van der Waals surface area contributed by atoms with Crippen LogP contribution in [0.1, 0.15) is 24.9 Å². The van der Waals surface area contributed by atoms with Crippen molar-refractivity contribution < 1.29 is 14.7 Å². The van der Waals surface area contributed by atoms with E-state index in [4.69, 9.17) is 10.8 Å².